The van der Waals surface area contributed by atoms with Crippen molar-refractivity contribution < 1.29 is 0 Å². The predicted molar refractivity (Wildman–Crippen MR) is 148 cm³/mol. The summed E-state index contributed by atoms with van der Waals surface area (Å²) >= 11 is 0. The summed E-state index contributed by atoms with van der Waals surface area (Å²) in [5.74, 6) is 0. The van der Waals surface area contributed by atoms with Gasteiger partial charge in [0, 0.05) is 63.9 Å². The standard InChI is InChI=1S/C31H34N6/c32-23-28-12-13-30(34-14-7-16-36-17-15-33-25-36)22-29(28)24-35-18-20-37(21-19-35)31(26-8-3-1-4-9-26)27-10-5-2-6-11-27/h1-6,8-13,15,17,22,25,31,34H,7,14,16,18-21,24H2. The highest BCUT2D eigenvalue weighted by molar-refractivity contribution is 5.52. The summed E-state index contributed by atoms with van der Waals surface area (Å²) in [5.41, 5.74) is 5.60. The fourth-order valence-corrected chi connectivity index (χ4v) is 5.16. The van der Waals surface area contributed by atoms with Gasteiger partial charge in [0.2, 0.25) is 0 Å². The second-order valence-electron chi connectivity index (χ2n) is 9.60. The summed E-state index contributed by atoms with van der Waals surface area (Å²) in [6.07, 6.45) is 6.66. The minimum Gasteiger partial charge on any atom is -0.385 e. The van der Waals surface area contributed by atoms with Crippen LogP contribution in [0.25, 0.3) is 0 Å². The number of piperazine rings is 1. The number of nitrogens with zero attached hydrogens (tertiary/aromatic N) is 5. The number of nitrogens with one attached hydrogen (secondary N) is 1. The zero-order valence-electron chi connectivity index (χ0n) is 21.2. The highest BCUT2D eigenvalue weighted by atomic mass is 15.3. The Labute approximate surface area is 219 Å². The lowest BCUT2D eigenvalue weighted by Gasteiger charge is -2.40. The molecule has 1 aliphatic heterocycles. The van der Waals surface area contributed by atoms with Gasteiger partial charge >= 0.3 is 0 Å². The second-order valence-corrected chi connectivity index (χ2v) is 9.60. The molecule has 3 aromatic carbocycles. The average Bonchev–Trinajstić information content (AvgIpc) is 3.47. The van der Waals surface area contributed by atoms with Crippen molar-refractivity contribution in [3.05, 3.63) is 120 Å². The van der Waals surface area contributed by atoms with E-state index < -0.39 is 0 Å². The monoisotopic (exact) mass is 490 g/mol. The van der Waals surface area contributed by atoms with Crippen molar-refractivity contribution in [1.82, 2.24) is 19.4 Å². The molecule has 1 aromatic heterocycles. The smallest absolute Gasteiger partial charge is 0.0995 e. The Bertz CT molecular complexity index is 1230. The molecule has 6 heteroatoms. The van der Waals surface area contributed by atoms with E-state index in [0.29, 0.717) is 0 Å². The van der Waals surface area contributed by atoms with Gasteiger partial charge in [0.05, 0.1) is 24.0 Å². The van der Waals surface area contributed by atoms with Gasteiger partial charge in [0.25, 0.3) is 0 Å². The molecule has 0 aliphatic carbocycles. The van der Waals surface area contributed by atoms with E-state index in [1.807, 2.05) is 30.9 Å². The third kappa shape index (κ3) is 6.45. The summed E-state index contributed by atoms with van der Waals surface area (Å²) in [4.78, 5) is 9.16. The van der Waals surface area contributed by atoms with Gasteiger partial charge in [0.1, 0.15) is 0 Å². The molecule has 188 valence electrons. The van der Waals surface area contributed by atoms with Crippen molar-refractivity contribution >= 4 is 5.69 Å². The molecule has 1 fully saturated rings. The Morgan fingerprint density at radius 3 is 2.22 bits per heavy atom. The number of nitriles is 1. The van der Waals surface area contributed by atoms with Crippen molar-refractivity contribution in [2.24, 2.45) is 0 Å². The molecule has 1 aliphatic rings. The molecule has 0 unspecified atom stereocenters. The van der Waals surface area contributed by atoms with Crippen LogP contribution in [0.4, 0.5) is 5.69 Å². The van der Waals surface area contributed by atoms with Crippen LogP contribution in [0.3, 0.4) is 0 Å². The number of anilines is 1. The van der Waals surface area contributed by atoms with Gasteiger partial charge in [-0.1, -0.05) is 60.7 Å². The molecule has 0 saturated carbocycles. The average molecular weight is 491 g/mol. The van der Waals surface area contributed by atoms with Crippen molar-refractivity contribution in [2.45, 2.75) is 25.6 Å². The number of aromatic nitrogens is 2. The van der Waals surface area contributed by atoms with Crippen LogP contribution < -0.4 is 5.32 Å². The number of aryl methyl sites for hydroxylation is 1. The summed E-state index contributed by atoms with van der Waals surface area (Å²) in [7, 11) is 0. The highest BCUT2D eigenvalue weighted by Gasteiger charge is 2.26. The van der Waals surface area contributed by atoms with Gasteiger partial charge in [-0.15, -0.1) is 0 Å². The largest absolute Gasteiger partial charge is 0.385 e. The van der Waals surface area contributed by atoms with E-state index in [1.165, 1.54) is 11.1 Å². The summed E-state index contributed by atoms with van der Waals surface area (Å²) < 4.78 is 2.09. The van der Waals surface area contributed by atoms with E-state index in [-0.39, 0.29) is 6.04 Å². The Balaban J connectivity index is 1.20. The van der Waals surface area contributed by atoms with E-state index in [9.17, 15) is 5.26 Å². The Kier molecular flexibility index (Phi) is 8.27. The third-order valence-corrected chi connectivity index (χ3v) is 7.10. The molecule has 1 N–H and O–H groups in total. The number of imidazole rings is 1. The van der Waals surface area contributed by atoms with E-state index >= 15 is 0 Å². The van der Waals surface area contributed by atoms with Gasteiger partial charge in [-0.2, -0.15) is 5.26 Å². The molecule has 0 spiro atoms. The van der Waals surface area contributed by atoms with E-state index in [2.05, 4.69) is 97.5 Å². The van der Waals surface area contributed by atoms with Crippen LogP contribution >= 0.6 is 0 Å². The first-order valence-electron chi connectivity index (χ1n) is 13.1. The van der Waals surface area contributed by atoms with Gasteiger partial charge in [0.15, 0.2) is 0 Å². The lowest BCUT2D eigenvalue weighted by Crippen LogP contribution is -2.47. The van der Waals surface area contributed by atoms with Gasteiger partial charge in [-0.25, -0.2) is 4.98 Å². The van der Waals surface area contributed by atoms with Crippen LogP contribution in [0.5, 0.6) is 0 Å². The molecule has 0 atom stereocenters. The van der Waals surface area contributed by atoms with Crippen LogP contribution in [0.15, 0.2) is 97.6 Å². The molecule has 4 aromatic rings. The van der Waals surface area contributed by atoms with Crippen LogP contribution in [0, 0.1) is 11.3 Å². The molecule has 37 heavy (non-hydrogen) atoms. The summed E-state index contributed by atoms with van der Waals surface area (Å²) in [6.45, 7) is 6.54. The quantitative estimate of drug-likeness (QED) is 0.311. The third-order valence-electron chi connectivity index (χ3n) is 7.10. The molecule has 2 heterocycles. The second kappa shape index (κ2) is 12.4. The lowest BCUT2D eigenvalue weighted by atomic mass is 9.96. The minimum absolute atomic E-state index is 0.258. The highest BCUT2D eigenvalue weighted by Crippen LogP contribution is 2.30. The molecular formula is C31H34N6. The van der Waals surface area contributed by atoms with Crippen LogP contribution in [-0.4, -0.2) is 52.1 Å². The Hall–Kier alpha value is -3.92. The normalized spacial score (nSPS) is 14.5. The molecule has 5 rings (SSSR count). The van der Waals surface area contributed by atoms with E-state index in [0.717, 1.165) is 69.0 Å². The number of hydrogen-bond acceptors (Lipinski definition) is 5. The summed E-state index contributed by atoms with van der Waals surface area (Å²) in [6, 6.07) is 30.4. The maximum atomic E-state index is 9.72. The van der Waals surface area contributed by atoms with Crippen molar-refractivity contribution in [3.8, 4) is 6.07 Å². The fourth-order valence-electron chi connectivity index (χ4n) is 5.16. The lowest BCUT2D eigenvalue weighted by molar-refractivity contribution is 0.105. The fraction of sp³-hybridized carbons (Fsp3) is 0.290. The molecule has 0 bridgehead atoms. The first-order valence-corrected chi connectivity index (χ1v) is 13.1. The first kappa shape index (κ1) is 24.8. The van der Waals surface area contributed by atoms with Gasteiger partial charge in [-0.3, -0.25) is 9.80 Å². The molecule has 6 nitrogen and oxygen atoms in total. The van der Waals surface area contributed by atoms with Gasteiger partial charge in [-0.05, 0) is 41.3 Å². The molecule has 0 amide bonds. The molecule has 0 radical (unpaired) electrons. The molecule has 1 saturated heterocycles. The van der Waals surface area contributed by atoms with Crippen molar-refractivity contribution in [2.75, 3.05) is 38.0 Å². The van der Waals surface area contributed by atoms with Crippen molar-refractivity contribution in [3.63, 3.8) is 0 Å². The van der Waals surface area contributed by atoms with Crippen LogP contribution in [0.1, 0.15) is 34.7 Å². The maximum Gasteiger partial charge on any atom is 0.0995 e. The number of hydrogen-bond donors (Lipinski definition) is 1. The van der Waals surface area contributed by atoms with E-state index in [4.69, 9.17) is 0 Å². The Morgan fingerprint density at radius 1 is 0.892 bits per heavy atom. The number of rotatable bonds is 10. The minimum atomic E-state index is 0.258. The number of benzene rings is 3. The SMILES string of the molecule is N#Cc1ccc(NCCCn2ccnc2)cc1CN1CCN(C(c2ccccc2)c2ccccc2)CC1. The zero-order chi connectivity index (χ0) is 25.3. The maximum absolute atomic E-state index is 9.72. The first-order chi connectivity index (χ1) is 18.3. The summed E-state index contributed by atoms with van der Waals surface area (Å²) in [5, 5.41) is 13.2. The zero-order valence-corrected chi connectivity index (χ0v) is 21.2. The van der Waals surface area contributed by atoms with Crippen molar-refractivity contribution in [1.29, 1.82) is 5.26 Å². The topological polar surface area (TPSA) is 60.1 Å². The van der Waals surface area contributed by atoms with Gasteiger partial charge < -0.3 is 9.88 Å². The molecular weight excluding hydrogens is 456 g/mol. The predicted octanol–water partition coefficient (Wildman–Crippen LogP) is 5.16. The van der Waals surface area contributed by atoms with Crippen LogP contribution in [-0.2, 0) is 13.1 Å². The van der Waals surface area contributed by atoms with Crippen LogP contribution in [0.2, 0.25) is 0 Å². The van der Waals surface area contributed by atoms with E-state index in [1.54, 1.807) is 0 Å². The Morgan fingerprint density at radius 2 is 1.59 bits per heavy atom.